The molecule has 0 amide bonds. The minimum absolute atomic E-state index is 0.0245. The van der Waals surface area contributed by atoms with Crippen LogP contribution in [0.4, 0.5) is 0 Å². The molecule has 2 heterocycles. The van der Waals surface area contributed by atoms with E-state index in [1.165, 1.54) is 6.07 Å². The van der Waals surface area contributed by atoms with Gasteiger partial charge in [0.25, 0.3) is 0 Å². The van der Waals surface area contributed by atoms with Crippen molar-refractivity contribution in [3.63, 3.8) is 0 Å². The highest BCUT2D eigenvalue weighted by atomic mass is 16.5. The first-order valence-corrected chi connectivity index (χ1v) is 9.38. The van der Waals surface area contributed by atoms with Gasteiger partial charge in [0.15, 0.2) is 0 Å². The molecule has 2 aliphatic rings. The van der Waals surface area contributed by atoms with Gasteiger partial charge in [-0.2, -0.15) is 0 Å². The zero-order valence-corrected chi connectivity index (χ0v) is 15.3. The van der Waals surface area contributed by atoms with Gasteiger partial charge in [-0.3, -0.25) is 0 Å². The predicted molar refractivity (Wildman–Crippen MR) is 106 cm³/mol. The highest BCUT2D eigenvalue weighted by molar-refractivity contribution is 6.18. The van der Waals surface area contributed by atoms with Gasteiger partial charge < -0.3 is 13.9 Å². The van der Waals surface area contributed by atoms with Crippen molar-refractivity contribution in [2.45, 2.75) is 25.4 Å². The molecule has 0 fully saturated rings. The van der Waals surface area contributed by atoms with Crippen LogP contribution in [0.3, 0.4) is 0 Å². The number of hydrogen-bond donors (Lipinski definition) is 0. The minimum atomic E-state index is -0.578. The van der Waals surface area contributed by atoms with Crippen molar-refractivity contribution in [3.05, 3.63) is 76.2 Å². The lowest BCUT2D eigenvalue weighted by Crippen LogP contribution is -2.23. The second-order valence-corrected chi connectivity index (χ2v) is 6.96. The molecule has 5 rings (SSSR count). The molecule has 140 valence electrons. The Hall–Kier alpha value is -3.34. The number of esters is 1. The van der Waals surface area contributed by atoms with Crippen LogP contribution in [0.1, 0.15) is 35.2 Å². The van der Waals surface area contributed by atoms with E-state index in [1.807, 2.05) is 42.5 Å². The molecule has 1 aromatic heterocycles. The van der Waals surface area contributed by atoms with Crippen LogP contribution in [0, 0.1) is 0 Å². The fourth-order valence-corrected chi connectivity index (χ4v) is 4.18. The van der Waals surface area contributed by atoms with Crippen molar-refractivity contribution in [1.29, 1.82) is 0 Å². The van der Waals surface area contributed by atoms with Gasteiger partial charge in [0.05, 0.1) is 12.2 Å². The summed E-state index contributed by atoms with van der Waals surface area (Å²) in [5.41, 5.74) is 0.864. The normalized spacial score (nSPS) is 19.9. The number of rotatable bonds is 2. The second kappa shape index (κ2) is 6.37. The summed E-state index contributed by atoms with van der Waals surface area (Å²) < 4.78 is 17.2. The van der Waals surface area contributed by atoms with Crippen LogP contribution in [-0.2, 0) is 4.74 Å². The van der Waals surface area contributed by atoms with E-state index in [0.29, 0.717) is 16.7 Å². The molecule has 2 aromatic carbocycles. The minimum Gasteiger partial charge on any atom is -0.485 e. The molecular formula is C23H18O5. The molecular weight excluding hydrogens is 356 g/mol. The van der Waals surface area contributed by atoms with Crippen LogP contribution >= 0.6 is 0 Å². The van der Waals surface area contributed by atoms with Crippen molar-refractivity contribution in [3.8, 4) is 5.75 Å². The van der Waals surface area contributed by atoms with E-state index in [2.05, 4.69) is 6.08 Å². The van der Waals surface area contributed by atoms with Gasteiger partial charge in [0.2, 0.25) is 0 Å². The lowest BCUT2D eigenvalue weighted by atomic mass is 9.85. The SMILES string of the molecule is CCOC(=O)c1cc(=O)oc2c3c(c4ccccc4c12)O[C@H]1C=CC=C[C@@H]3C1. The summed E-state index contributed by atoms with van der Waals surface area (Å²) in [4.78, 5) is 25.0. The molecule has 5 heteroatoms. The first-order chi connectivity index (χ1) is 13.7. The molecule has 0 unspecified atom stereocenters. The van der Waals surface area contributed by atoms with Gasteiger partial charge in [0, 0.05) is 28.3 Å². The second-order valence-electron chi connectivity index (χ2n) is 6.96. The van der Waals surface area contributed by atoms with Crippen molar-refractivity contribution in [2.24, 2.45) is 0 Å². The third kappa shape index (κ3) is 2.47. The molecule has 2 bridgehead atoms. The summed E-state index contributed by atoms with van der Waals surface area (Å²) in [6.45, 7) is 1.97. The summed E-state index contributed by atoms with van der Waals surface area (Å²) in [7, 11) is 0. The van der Waals surface area contributed by atoms with Crippen LogP contribution in [0.15, 0.2) is 63.8 Å². The molecule has 0 saturated heterocycles. The Morgan fingerprint density at radius 2 is 1.96 bits per heavy atom. The maximum Gasteiger partial charge on any atom is 0.339 e. The molecule has 3 aromatic rings. The average Bonchev–Trinajstić information content (AvgIpc) is 2.89. The number of fused-ring (bicyclic) bond motifs is 9. The van der Waals surface area contributed by atoms with Gasteiger partial charge in [-0.05, 0) is 24.8 Å². The third-order valence-corrected chi connectivity index (χ3v) is 5.29. The van der Waals surface area contributed by atoms with Crippen molar-refractivity contribution in [1.82, 2.24) is 0 Å². The lowest BCUT2D eigenvalue weighted by Gasteiger charge is -2.30. The number of allylic oxidation sites excluding steroid dienone is 3. The van der Waals surface area contributed by atoms with E-state index < -0.39 is 11.6 Å². The van der Waals surface area contributed by atoms with E-state index in [-0.39, 0.29) is 24.2 Å². The van der Waals surface area contributed by atoms with E-state index in [1.54, 1.807) is 6.92 Å². The lowest BCUT2D eigenvalue weighted by molar-refractivity contribution is 0.0528. The molecule has 0 spiro atoms. The molecule has 5 nitrogen and oxygen atoms in total. The molecule has 0 radical (unpaired) electrons. The quantitative estimate of drug-likeness (QED) is 0.376. The molecule has 0 saturated carbocycles. The predicted octanol–water partition coefficient (Wildman–Crippen LogP) is 4.48. The van der Waals surface area contributed by atoms with Gasteiger partial charge in [-0.1, -0.05) is 42.5 Å². The van der Waals surface area contributed by atoms with Crippen molar-refractivity contribution < 1.29 is 18.7 Å². The highest BCUT2D eigenvalue weighted by Crippen LogP contribution is 2.48. The van der Waals surface area contributed by atoms with Gasteiger partial charge in [0.1, 0.15) is 17.4 Å². The summed E-state index contributed by atoms with van der Waals surface area (Å²) in [6, 6.07) is 8.93. The Morgan fingerprint density at radius 3 is 2.79 bits per heavy atom. The maximum absolute atomic E-state index is 12.6. The number of benzene rings is 2. The van der Waals surface area contributed by atoms with Crippen LogP contribution in [0.5, 0.6) is 5.75 Å². The topological polar surface area (TPSA) is 65.7 Å². The Balaban J connectivity index is 1.96. The first-order valence-electron chi connectivity index (χ1n) is 9.38. The molecule has 2 atom stereocenters. The number of hydrogen-bond acceptors (Lipinski definition) is 5. The largest absolute Gasteiger partial charge is 0.485 e. The molecule has 0 N–H and O–H groups in total. The fourth-order valence-electron chi connectivity index (χ4n) is 4.18. The molecule has 28 heavy (non-hydrogen) atoms. The third-order valence-electron chi connectivity index (χ3n) is 5.29. The van der Waals surface area contributed by atoms with Crippen LogP contribution < -0.4 is 10.4 Å². The summed E-state index contributed by atoms with van der Waals surface area (Å²) in [6.07, 6.45) is 8.78. The maximum atomic E-state index is 12.6. The van der Waals surface area contributed by atoms with Gasteiger partial charge in [-0.25, -0.2) is 9.59 Å². The highest BCUT2D eigenvalue weighted by Gasteiger charge is 2.33. The van der Waals surface area contributed by atoms with E-state index in [0.717, 1.165) is 22.8 Å². The first kappa shape index (κ1) is 16.8. The molecule has 1 aliphatic carbocycles. The van der Waals surface area contributed by atoms with Crippen LogP contribution in [0.25, 0.3) is 21.7 Å². The standard InChI is InChI=1S/C23H18O5/c1-2-26-23(25)17-12-18(24)28-22-19-13-7-3-4-8-14(11-13)27-21(19)16-10-6-5-9-15(16)20(17)22/h3-10,12-14H,2,11H2,1H3/t13-,14+/m1/s1. The van der Waals surface area contributed by atoms with E-state index >= 15 is 0 Å². The Labute approximate surface area is 160 Å². The Kier molecular flexibility index (Phi) is 3.83. The zero-order valence-electron chi connectivity index (χ0n) is 15.3. The molecule has 1 aliphatic heterocycles. The number of carbonyl (C=O) groups excluding carboxylic acids is 1. The Bertz CT molecular complexity index is 1230. The summed E-state index contributed by atoms with van der Waals surface area (Å²) >= 11 is 0. The van der Waals surface area contributed by atoms with Crippen LogP contribution in [-0.4, -0.2) is 18.7 Å². The van der Waals surface area contributed by atoms with Crippen LogP contribution in [0.2, 0.25) is 0 Å². The van der Waals surface area contributed by atoms with Crippen molar-refractivity contribution in [2.75, 3.05) is 6.61 Å². The number of ether oxygens (including phenoxy) is 2. The average molecular weight is 374 g/mol. The zero-order chi connectivity index (χ0) is 19.3. The van der Waals surface area contributed by atoms with E-state index in [4.69, 9.17) is 13.9 Å². The number of carbonyl (C=O) groups is 1. The Morgan fingerprint density at radius 1 is 1.18 bits per heavy atom. The fraction of sp³-hybridized carbons (Fsp3) is 0.217. The monoisotopic (exact) mass is 374 g/mol. The van der Waals surface area contributed by atoms with Gasteiger partial charge >= 0.3 is 11.6 Å². The van der Waals surface area contributed by atoms with Crippen molar-refractivity contribution >= 4 is 27.7 Å². The van der Waals surface area contributed by atoms with Gasteiger partial charge in [-0.15, -0.1) is 0 Å². The summed E-state index contributed by atoms with van der Waals surface area (Å²) in [5.74, 6) is 0.208. The smallest absolute Gasteiger partial charge is 0.339 e. The van der Waals surface area contributed by atoms with E-state index in [9.17, 15) is 9.59 Å². The summed E-state index contributed by atoms with van der Waals surface area (Å²) in [5, 5.41) is 2.29.